The van der Waals surface area contributed by atoms with Crippen LogP contribution >= 0.6 is 27.5 Å². The number of rotatable bonds is 2. The van der Waals surface area contributed by atoms with Crippen molar-refractivity contribution in [3.05, 3.63) is 33.3 Å². The van der Waals surface area contributed by atoms with Crippen LogP contribution in [0.3, 0.4) is 0 Å². The van der Waals surface area contributed by atoms with Crippen LogP contribution in [0.2, 0.25) is 5.02 Å². The highest BCUT2D eigenvalue weighted by atomic mass is 79.9. The summed E-state index contributed by atoms with van der Waals surface area (Å²) in [6, 6.07) is 5.54. The minimum atomic E-state index is -1.26. The zero-order chi connectivity index (χ0) is 12.3. The predicted molar refractivity (Wildman–Crippen MR) is 74.6 cm³/mol. The lowest BCUT2D eigenvalue weighted by atomic mass is 10.2. The van der Waals surface area contributed by atoms with Crippen LogP contribution in [0.15, 0.2) is 27.1 Å². The van der Waals surface area contributed by atoms with Gasteiger partial charge in [0.15, 0.2) is 0 Å². The van der Waals surface area contributed by atoms with E-state index in [1.165, 1.54) is 0 Å². The highest BCUT2D eigenvalue weighted by Gasteiger charge is 2.18. The molecule has 0 fully saturated rings. The fourth-order valence-corrected chi connectivity index (χ4v) is 1.96. The van der Waals surface area contributed by atoms with Crippen LogP contribution in [0.1, 0.15) is 26.3 Å². The van der Waals surface area contributed by atoms with Gasteiger partial charge >= 0.3 is 0 Å². The molecular formula is C11H13BrClNOS. The maximum absolute atomic E-state index is 11.7. The summed E-state index contributed by atoms with van der Waals surface area (Å²) in [4.78, 5) is 0. The van der Waals surface area contributed by atoms with Crippen LogP contribution < -0.4 is 0 Å². The molecule has 0 aliphatic rings. The van der Waals surface area contributed by atoms with Gasteiger partial charge in [0.25, 0.3) is 0 Å². The monoisotopic (exact) mass is 321 g/mol. The van der Waals surface area contributed by atoms with E-state index in [0.717, 1.165) is 10.0 Å². The number of hydrogen-bond acceptors (Lipinski definition) is 1. The smallest absolute Gasteiger partial charge is 0.144 e. The largest absolute Gasteiger partial charge is 0.234 e. The van der Waals surface area contributed by atoms with Crippen LogP contribution in [-0.2, 0) is 11.0 Å². The van der Waals surface area contributed by atoms with E-state index in [9.17, 15) is 4.21 Å². The number of hydrogen-bond donors (Lipinski definition) is 0. The summed E-state index contributed by atoms with van der Waals surface area (Å²) in [5.41, 5.74) is 0.758. The number of halogens is 2. The number of benzene rings is 1. The molecule has 2 nitrogen and oxygen atoms in total. The molecular weight excluding hydrogens is 310 g/mol. The summed E-state index contributed by atoms with van der Waals surface area (Å²) in [5.74, 6) is 0. The normalized spacial score (nSPS) is 14.3. The van der Waals surface area contributed by atoms with Crippen molar-refractivity contribution in [2.75, 3.05) is 0 Å². The first-order chi connectivity index (χ1) is 7.32. The maximum Gasteiger partial charge on any atom is 0.144 e. The second kappa shape index (κ2) is 5.43. The zero-order valence-corrected chi connectivity index (χ0v) is 12.5. The van der Waals surface area contributed by atoms with Crippen molar-refractivity contribution in [3.63, 3.8) is 0 Å². The van der Waals surface area contributed by atoms with E-state index in [1.54, 1.807) is 6.21 Å². The lowest BCUT2D eigenvalue weighted by Gasteiger charge is -2.12. The average molecular weight is 323 g/mol. The molecule has 0 unspecified atom stereocenters. The minimum Gasteiger partial charge on any atom is -0.234 e. The van der Waals surface area contributed by atoms with Crippen molar-refractivity contribution >= 4 is 44.7 Å². The Morgan fingerprint density at radius 2 is 2.06 bits per heavy atom. The van der Waals surface area contributed by atoms with Crippen LogP contribution in [0.25, 0.3) is 0 Å². The molecule has 1 aromatic carbocycles. The van der Waals surface area contributed by atoms with Gasteiger partial charge in [-0.1, -0.05) is 23.7 Å². The molecule has 1 aromatic rings. The van der Waals surface area contributed by atoms with Gasteiger partial charge in [-0.25, -0.2) is 4.21 Å². The molecule has 0 N–H and O–H groups in total. The molecule has 0 heterocycles. The highest BCUT2D eigenvalue weighted by Crippen LogP contribution is 2.25. The van der Waals surface area contributed by atoms with Gasteiger partial charge in [0.05, 0.1) is 9.77 Å². The van der Waals surface area contributed by atoms with Gasteiger partial charge in [0.1, 0.15) is 11.0 Å². The van der Waals surface area contributed by atoms with E-state index in [0.29, 0.717) is 5.02 Å². The summed E-state index contributed by atoms with van der Waals surface area (Å²) < 4.78 is 16.2. The average Bonchev–Trinajstić information content (AvgIpc) is 2.18. The van der Waals surface area contributed by atoms with Gasteiger partial charge in [-0.15, -0.1) is 0 Å². The van der Waals surface area contributed by atoms with Crippen molar-refractivity contribution in [1.82, 2.24) is 0 Å². The van der Waals surface area contributed by atoms with E-state index >= 15 is 0 Å². The molecule has 0 amide bonds. The molecule has 16 heavy (non-hydrogen) atoms. The van der Waals surface area contributed by atoms with E-state index in [1.807, 2.05) is 39.0 Å². The third-order valence-corrected chi connectivity index (χ3v) is 4.45. The third-order valence-electron chi connectivity index (χ3n) is 1.79. The minimum absolute atomic E-state index is 0.352. The maximum atomic E-state index is 11.7. The summed E-state index contributed by atoms with van der Waals surface area (Å²) in [6.45, 7) is 5.63. The molecule has 1 atom stereocenters. The molecule has 0 saturated heterocycles. The van der Waals surface area contributed by atoms with Gasteiger partial charge in [0.2, 0.25) is 0 Å². The molecule has 0 radical (unpaired) electrons. The molecule has 0 aliphatic heterocycles. The predicted octanol–water partition coefficient (Wildman–Crippen LogP) is 3.98. The van der Waals surface area contributed by atoms with Gasteiger partial charge in [-0.3, -0.25) is 0 Å². The van der Waals surface area contributed by atoms with Crippen molar-refractivity contribution < 1.29 is 4.21 Å². The summed E-state index contributed by atoms with van der Waals surface area (Å²) in [7, 11) is -1.26. The SMILES string of the molecule is CC(C)(C)[S@](=O)/N=C/c1cccc(Br)c1Cl. The van der Waals surface area contributed by atoms with Gasteiger partial charge in [-0.05, 0) is 42.8 Å². The Kier molecular flexibility index (Phi) is 4.71. The standard InChI is InChI=1S/C11H13BrClNOS/c1-11(2,3)16(15)14-7-8-5-4-6-9(12)10(8)13/h4-7H,1-3H3/b14-7+/t16-/m0/s1. The van der Waals surface area contributed by atoms with Crippen LogP contribution in [0.4, 0.5) is 0 Å². The lowest BCUT2D eigenvalue weighted by molar-refractivity contribution is 0.651. The summed E-state index contributed by atoms with van der Waals surface area (Å²) in [5, 5.41) is 0.581. The summed E-state index contributed by atoms with van der Waals surface area (Å²) >= 11 is 9.38. The highest BCUT2D eigenvalue weighted by molar-refractivity contribution is 9.10. The van der Waals surface area contributed by atoms with Gasteiger partial charge in [0, 0.05) is 16.3 Å². The molecule has 5 heteroatoms. The Morgan fingerprint density at radius 1 is 1.44 bits per heavy atom. The summed E-state index contributed by atoms with van der Waals surface area (Å²) in [6.07, 6.45) is 1.55. The molecule has 88 valence electrons. The topological polar surface area (TPSA) is 29.4 Å². The van der Waals surface area contributed by atoms with E-state index in [-0.39, 0.29) is 4.75 Å². The number of nitrogens with zero attached hydrogens (tertiary/aromatic N) is 1. The molecule has 1 rings (SSSR count). The Balaban J connectivity index is 2.94. The van der Waals surface area contributed by atoms with Gasteiger partial charge in [-0.2, -0.15) is 4.40 Å². The molecule has 0 spiro atoms. The Hall–Kier alpha value is -0.190. The van der Waals surface area contributed by atoms with Crippen molar-refractivity contribution in [2.24, 2.45) is 4.40 Å². The van der Waals surface area contributed by atoms with Crippen molar-refractivity contribution in [1.29, 1.82) is 0 Å². The fraction of sp³-hybridized carbons (Fsp3) is 0.364. The van der Waals surface area contributed by atoms with Crippen molar-refractivity contribution in [3.8, 4) is 0 Å². The lowest BCUT2D eigenvalue weighted by Crippen LogP contribution is -2.19. The first-order valence-electron chi connectivity index (χ1n) is 4.72. The Morgan fingerprint density at radius 3 is 2.62 bits per heavy atom. The first-order valence-corrected chi connectivity index (χ1v) is 7.00. The van der Waals surface area contributed by atoms with E-state index < -0.39 is 11.0 Å². The van der Waals surface area contributed by atoms with E-state index in [2.05, 4.69) is 20.3 Å². The first kappa shape index (κ1) is 13.9. The second-order valence-corrected chi connectivity index (χ2v) is 7.41. The molecule has 0 saturated carbocycles. The molecule has 0 aliphatic carbocycles. The Bertz CT molecular complexity index is 440. The molecule has 0 aromatic heterocycles. The van der Waals surface area contributed by atoms with Gasteiger partial charge < -0.3 is 0 Å². The quantitative estimate of drug-likeness (QED) is 0.757. The fourth-order valence-electron chi connectivity index (χ4n) is 0.883. The molecule has 0 bridgehead atoms. The van der Waals surface area contributed by atoms with Crippen molar-refractivity contribution in [2.45, 2.75) is 25.5 Å². The van der Waals surface area contributed by atoms with Crippen LogP contribution in [0.5, 0.6) is 0 Å². The Labute approximate surface area is 112 Å². The van der Waals surface area contributed by atoms with E-state index in [4.69, 9.17) is 11.6 Å². The third kappa shape index (κ3) is 3.68. The van der Waals surface area contributed by atoms with Crippen LogP contribution in [0, 0.1) is 0 Å². The zero-order valence-electron chi connectivity index (χ0n) is 9.33. The van der Waals surface area contributed by atoms with Crippen LogP contribution in [-0.4, -0.2) is 15.2 Å². The second-order valence-electron chi connectivity index (χ2n) is 4.24.